The molecule has 0 atom stereocenters. The van der Waals surface area contributed by atoms with Crippen molar-refractivity contribution in [2.45, 2.75) is 20.8 Å². The molecule has 27 heavy (non-hydrogen) atoms. The molecule has 0 aliphatic heterocycles. The van der Waals surface area contributed by atoms with Crippen LogP contribution in [0.25, 0.3) is 34.6 Å². The van der Waals surface area contributed by atoms with Gasteiger partial charge in [-0.3, -0.25) is 15.0 Å². The molecular formula is C21H18N6. The van der Waals surface area contributed by atoms with Crippen LogP contribution in [0.3, 0.4) is 0 Å². The van der Waals surface area contributed by atoms with Crippen LogP contribution in [0.4, 0.5) is 0 Å². The molecule has 0 bridgehead atoms. The Kier molecular flexibility index (Phi) is 4.38. The summed E-state index contributed by atoms with van der Waals surface area (Å²) in [5.74, 6) is 1.50. The molecule has 4 aromatic rings. The molecule has 0 unspecified atom stereocenters. The molecule has 0 radical (unpaired) electrons. The van der Waals surface area contributed by atoms with Gasteiger partial charge in [-0.15, -0.1) is 0 Å². The van der Waals surface area contributed by atoms with Crippen LogP contribution in [-0.2, 0) is 0 Å². The second-order valence-corrected chi connectivity index (χ2v) is 6.47. The van der Waals surface area contributed by atoms with Gasteiger partial charge in [-0.2, -0.15) is 0 Å². The summed E-state index contributed by atoms with van der Waals surface area (Å²) in [6.07, 6.45) is 5.40. The predicted molar refractivity (Wildman–Crippen MR) is 104 cm³/mol. The number of nitrogens with zero attached hydrogens (tertiary/aromatic N) is 6. The number of aromatic nitrogens is 6. The average molecular weight is 354 g/mol. The smallest absolute Gasteiger partial charge is 0.182 e. The van der Waals surface area contributed by atoms with Gasteiger partial charge in [0.1, 0.15) is 17.1 Å². The van der Waals surface area contributed by atoms with E-state index in [0.717, 1.165) is 16.7 Å². The molecule has 4 rings (SSSR count). The first-order valence-electron chi connectivity index (χ1n) is 8.64. The minimum Gasteiger partial charge on any atom is -0.253 e. The van der Waals surface area contributed by atoms with E-state index in [-0.39, 0.29) is 0 Å². The first-order valence-corrected chi connectivity index (χ1v) is 8.64. The van der Waals surface area contributed by atoms with E-state index >= 15 is 0 Å². The van der Waals surface area contributed by atoms with Crippen LogP contribution in [0.15, 0.2) is 55.0 Å². The number of pyridine rings is 3. The molecule has 0 aromatic carbocycles. The Morgan fingerprint density at radius 2 is 0.741 bits per heavy atom. The summed E-state index contributed by atoms with van der Waals surface area (Å²) in [7, 11) is 0. The minimum absolute atomic E-state index is 0.500. The van der Waals surface area contributed by atoms with E-state index in [2.05, 4.69) is 29.9 Å². The Balaban J connectivity index is 1.89. The summed E-state index contributed by atoms with van der Waals surface area (Å²) in [5.41, 5.74) is 5.29. The van der Waals surface area contributed by atoms with Gasteiger partial charge < -0.3 is 0 Å². The fourth-order valence-electron chi connectivity index (χ4n) is 2.52. The summed E-state index contributed by atoms with van der Waals surface area (Å²) >= 11 is 0. The van der Waals surface area contributed by atoms with Gasteiger partial charge in [0.25, 0.3) is 0 Å². The van der Waals surface area contributed by atoms with Gasteiger partial charge in [0.2, 0.25) is 0 Å². The first-order chi connectivity index (χ1) is 13.1. The highest BCUT2D eigenvalue weighted by molar-refractivity contribution is 5.61. The third kappa shape index (κ3) is 3.69. The fraction of sp³-hybridized carbons (Fsp3) is 0.143. The molecule has 0 aliphatic carbocycles. The van der Waals surface area contributed by atoms with Gasteiger partial charge in [-0.05, 0) is 55.7 Å². The van der Waals surface area contributed by atoms with Crippen molar-refractivity contribution >= 4 is 0 Å². The van der Waals surface area contributed by atoms with Crippen molar-refractivity contribution in [2.75, 3.05) is 0 Å². The fourth-order valence-corrected chi connectivity index (χ4v) is 2.52. The summed E-state index contributed by atoms with van der Waals surface area (Å²) in [6.45, 7) is 5.98. The SMILES string of the molecule is Cc1ccc(-c2nc(-c3ccc(C)cn3)nc(-c3ccc(C)cn3)n2)nc1. The van der Waals surface area contributed by atoms with Gasteiger partial charge in [-0.25, -0.2) is 15.0 Å². The van der Waals surface area contributed by atoms with Crippen LogP contribution in [0.5, 0.6) is 0 Å². The standard InChI is InChI=1S/C21H18N6/c1-13-4-7-16(22-10-13)19-25-20(17-8-5-14(2)11-23-17)27-21(26-19)18-9-6-15(3)12-24-18/h4-12H,1-3H3. The van der Waals surface area contributed by atoms with E-state index in [1.54, 1.807) is 18.6 Å². The van der Waals surface area contributed by atoms with Gasteiger partial charge in [0.05, 0.1) is 0 Å². The minimum atomic E-state index is 0.500. The Labute approximate surface area is 157 Å². The van der Waals surface area contributed by atoms with Crippen LogP contribution in [0.1, 0.15) is 16.7 Å². The highest BCUT2D eigenvalue weighted by atomic mass is 15.1. The molecule has 4 aromatic heterocycles. The van der Waals surface area contributed by atoms with Gasteiger partial charge in [-0.1, -0.05) is 18.2 Å². The second-order valence-electron chi connectivity index (χ2n) is 6.47. The van der Waals surface area contributed by atoms with Crippen molar-refractivity contribution in [3.63, 3.8) is 0 Å². The molecule has 0 aliphatic rings. The molecule has 0 saturated carbocycles. The van der Waals surface area contributed by atoms with Gasteiger partial charge in [0, 0.05) is 18.6 Å². The normalized spacial score (nSPS) is 10.8. The zero-order valence-corrected chi connectivity index (χ0v) is 15.4. The molecule has 6 nitrogen and oxygen atoms in total. The lowest BCUT2D eigenvalue weighted by Crippen LogP contribution is -2.03. The number of hydrogen-bond acceptors (Lipinski definition) is 6. The average Bonchev–Trinajstić information content (AvgIpc) is 2.69. The van der Waals surface area contributed by atoms with Gasteiger partial charge in [0.15, 0.2) is 17.5 Å². The maximum atomic E-state index is 4.60. The molecule has 6 heteroatoms. The van der Waals surface area contributed by atoms with Crippen LogP contribution in [0, 0.1) is 20.8 Å². The zero-order valence-electron chi connectivity index (χ0n) is 15.4. The van der Waals surface area contributed by atoms with E-state index < -0.39 is 0 Å². The molecule has 0 saturated heterocycles. The monoisotopic (exact) mass is 354 g/mol. The maximum Gasteiger partial charge on any atom is 0.182 e. The lowest BCUT2D eigenvalue weighted by Gasteiger charge is -2.07. The van der Waals surface area contributed by atoms with E-state index in [9.17, 15) is 0 Å². The quantitative estimate of drug-likeness (QED) is 0.554. The van der Waals surface area contributed by atoms with E-state index in [4.69, 9.17) is 0 Å². The van der Waals surface area contributed by atoms with Crippen molar-refractivity contribution < 1.29 is 0 Å². The summed E-state index contributed by atoms with van der Waals surface area (Å²) in [5, 5.41) is 0. The van der Waals surface area contributed by atoms with Crippen LogP contribution in [0.2, 0.25) is 0 Å². The summed E-state index contributed by atoms with van der Waals surface area (Å²) in [6, 6.07) is 11.7. The molecule has 0 amide bonds. The van der Waals surface area contributed by atoms with Crippen LogP contribution in [-0.4, -0.2) is 29.9 Å². The van der Waals surface area contributed by atoms with Crippen molar-refractivity contribution in [1.82, 2.24) is 29.9 Å². The van der Waals surface area contributed by atoms with Crippen molar-refractivity contribution in [1.29, 1.82) is 0 Å². The Morgan fingerprint density at radius 3 is 0.963 bits per heavy atom. The molecule has 4 heterocycles. The Hall–Kier alpha value is -3.54. The summed E-state index contributed by atoms with van der Waals surface area (Å²) in [4.78, 5) is 27.2. The number of hydrogen-bond donors (Lipinski definition) is 0. The molecule has 0 fully saturated rings. The topological polar surface area (TPSA) is 77.3 Å². The second kappa shape index (κ2) is 6.99. The highest BCUT2D eigenvalue weighted by Gasteiger charge is 2.14. The lowest BCUT2D eigenvalue weighted by atomic mass is 10.2. The lowest BCUT2D eigenvalue weighted by molar-refractivity contribution is 1.03. The largest absolute Gasteiger partial charge is 0.253 e. The molecule has 0 N–H and O–H groups in total. The van der Waals surface area contributed by atoms with Crippen molar-refractivity contribution in [3.05, 3.63) is 71.7 Å². The van der Waals surface area contributed by atoms with Gasteiger partial charge >= 0.3 is 0 Å². The predicted octanol–water partition coefficient (Wildman–Crippen LogP) is 3.98. The van der Waals surface area contributed by atoms with Crippen molar-refractivity contribution in [3.8, 4) is 34.6 Å². The third-order valence-corrected chi connectivity index (χ3v) is 4.06. The van der Waals surface area contributed by atoms with Crippen LogP contribution >= 0.6 is 0 Å². The molecule has 132 valence electrons. The summed E-state index contributed by atoms with van der Waals surface area (Å²) < 4.78 is 0. The molecule has 0 spiro atoms. The Bertz CT molecular complexity index is 917. The maximum absolute atomic E-state index is 4.60. The first kappa shape index (κ1) is 16.9. The van der Waals surface area contributed by atoms with E-state index in [0.29, 0.717) is 34.6 Å². The number of aryl methyl sites for hydroxylation is 3. The molecular weight excluding hydrogens is 336 g/mol. The number of rotatable bonds is 3. The highest BCUT2D eigenvalue weighted by Crippen LogP contribution is 2.22. The van der Waals surface area contributed by atoms with E-state index in [1.807, 2.05) is 57.2 Å². The van der Waals surface area contributed by atoms with Crippen molar-refractivity contribution in [2.24, 2.45) is 0 Å². The van der Waals surface area contributed by atoms with Crippen LogP contribution < -0.4 is 0 Å². The van der Waals surface area contributed by atoms with E-state index in [1.165, 1.54) is 0 Å². The Morgan fingerprint density at radius 1 is 0.444 bits per heavy atom. The zero-order chi connectivity index (χ0) is 18.8. The third-order valence-electron chi connectivity index (χ3n) is 4.06.